The predicted octanol–water partition coefficient (Wildman–Crippen LogP) is 1.94. The van der Waals surface area contributed by atoms with Gasteiger partial charge in [0, 0.05) is 12.1 Å². The third kappa shape index (κ3) is 2.23. The zero-order valence-electron chi connectivity index (χ0n) is 7.69. The zero-order chi connectivity index (χ0) is 10.4. The number of hydrogen-bond donors (Lipinski definition) is 0. The van der Waals surface area contributed by atoms with E-state index >= 15 is 0 Å². The second-order valence-corrected chi connectivity index (χ2v) is 2.37. The Morgan fingerprint density at radius 1 is 1.79 bits per heavy atom. The number of carbonyl (C=O) groups is 1. The van der Waals surface area contributed by atoms with Gasteiger partial charge in [-0.25, -0.2) is 0 Å². The van der Waals surface area contributed by atoms with Crippen molar-refractivity contribution in [2.45, 2.75) is 6.92 Å². The first kappa shape index (κ1) is 10.1. The molecular weight excluding hydrogens is 182 g/mol. The molecule has 1 aromatic heterocycles. The highest BCUT2D eigenvalue weighted by Crippen LogP contribution is 2.20. The molecule has 0 spiro atoms. The van der Waals surface area contributed by atoms with Crippen LogP contribution in [-0.4, -0.2) is 12.4 Å². The molecule has 0 saturated heterocycles. The molecule has 1 heterocycles. The number of ether oxygens (including phenoxy) is 1. The summed E-state index contributed by atoms with van der Waals surface area (Å²) >= 11 is 0. The molecule has 0 atom stereocenters. The normalized spacial score (nSPS) is 10.0. The highest BCUT2D eigenvalue weighted by Gasteiger charge is 2.13. The number of rotatable bonds is 4. The summed E-state index contributed by atoms with van der Waals surface area (Å²) in [6, 6.07) is 3.29. The zero-order valence-corrected chi connectivity index (χ0v) is 7.69. The molecule has 0 bridgehead atoms. The SMILES string of the molecule is CCOc1ccoc1C(=O)C=CC#N. The molecule has 0 radical (unpaired) electrons. The van der Waals surface area contributed by atoms with Gasteiger partial charge < -0.3 is 9.15 Å². The molecule has 0 aromatic carbocycles. The first-order valence-electron chi connectivity index (χ1n) is 4.10. The van der Waals surface area contributed by atoms with Crippen molar-refractivity contribution < 1.29 is 13.9 Å². The van der Waals surface area contributed by atoms with Crippen molar-refractivity contribution in [1.29, 1.82) is 5.26 Å². The largest absolute Gasteiger partial charge is 0.490 e. The number of hydrogen-bond acceptors (Lipinski definition) is 4. The summed E-state index contributed by atoms with van der Waals surface area (Å²) in [4.78, 5) is 11.3. The van der Waals surface area contributed by atoms with Crippen LogP contribution in [0.15, 0.2) is 28.9 Å². The summed E-state index contributed by atoms with van der Waals surface area (Å²) in [5.41, 5.74) is 0. The Morgan fingerprint density at radius 3 is 3.21 bits per heavy atom. The fraction of sp³-hybridized carbons (Fsp3) is 0.200. The van der Waals surface area contributed by atoms with E-state index in [1.54, 1.807) is 12.1 Å². The third-order valence-electron chi connectivity index (χ3n) is 1.46. The minimum absolute atomic E-state index is 0.123. The van der Waals surface area contributed by atoms with Crippen LogP contribution < -0.4 is 4.74 Å². The molecule has 0 aliphatic rings. The average Bonchev–Trinajstić information content (AvgIpc) is 2.63. The van der Waals surface area contributed by atoms with Crippen molar-refractivity contribution in [3.05, 3.63) is 30.2 Å². The van der Waals surface area contributed by atoms with E-state index in [1.165, 1.54) is 6.26 Å². The van der Waals surface area contributed by atoms with Gasteiger partial charge in [-0.15, -0.1) is 0 Å². The second kappa shape index (κ2) is 4.87. The lowest BCUT2D eigenvalue weighted by atomic mass is 10.2. The summed E-state index contributed by atoms with van der Waals surface area (Å²) in [6.07, 6.45) is 3.61. The molecule has 14 heavy (non-hydrogen) atoms. The third-order valence-corrected chi connectivity index (χ3v) is 1.46. The smallest absolute Gasteiger partial charge is 0.225 e. The van der Waals surface area contributed by atoms with Crippen molar-refractivity contribution in [2.24, 2.45) is 0 Å². The highest BCUT2D eigenvalue weighted by atomic mass is 16.5. The Labute approximate surface area is 81.4 Å². The average molecular weight is 191 g/mol. The van der Waals surface area contributed by atoms with Crippen LogP contribution in [-0.2, 0) is 0 Å². The van der Waals surface area contributed by atoms with Crippen molar-refractivity contribution in [2.75, 3.05) is 6.61 Å². The Morgan fingerprint density at radius 2 is 2.57 bits per heavy atom. The molecule has 72 valence electrons. The Balaban J connectivity index is 2.85. The monoisotopic (exact) mass is 191 g/mol. The van der Waals surface area contributed by atoms with E-state index in [9.17, 15) is 4.79 Å². The minimum atomic E-state index is -0.375. The molecule has 0 aliphatic carbocycles. The van der Waals surface area contributed by atoms with Crippen LogP contribution in [0.4, 0.5) is 0 Å². The number of ketones is 1. The molecule has 0 fully saturated rings. The summed E-state index contributed by atoms with van der Waals surface area (Å²) in [7, 11) is 0. The number of furan rings is 1. The highest BCUT2D eigenvalue weighted by molar-refractivity contribution is 6.04. The summed E-state index contributed by atoms with van der Waals surface area (Å²) < 4.78 is 10.1. The van der Waals surface area contributed by atoms with Crippen molar-refractivity contribution in [3.8, 4) is 11.8 Å². The van der Waals surface area contributed by atoms with Crippen molar-refractivity contribution in [1.82, 2.24) is 0 Å². The number of nitriles is 1. The van der Waals surface area contributed by atoms with Crippen LogP contribution in [0, 0.1) is 11.3 Å². The first-order chi connectivity index (χ1) is 6.79. The molecule has 4 heteroatoms. The number of allylic oxidation sites excluding steroid dienone is 2. The molecule has 0 unspecified atom stereocenters. The molecular formula is C10H9NO3. The Bertz CT molecular complexity index is 384. The van der Waals surface area contributed by atoms with Gasteiger partial charge >= 0.3 is 0 Å². The van der Waals surface area contributed by atoms with Crippen LogP contribution >= 0.6 is 0 Å². The number of carbonyl (C=O) groups excluding carboxylic acids is 1. The molecule has 0 saturated carbocycles. The van der Waals surface area contributed by atoms with Gasteiger partial charge in [0.15, 0.2) is 5.75 Å². The van der Waals surface area contributed by atoms with Gasteiger partial charge in [0.1, 0.15) is 0 Å². The maximum atomic E-state index is 11.3. The van der Waals surface area contributed by atoms with Crippen molar-refractivity contribution >= 4 is 5.78 Å². The van der Waals surface area contributed by atoms with Gasteiger partial charge in [0.05, 0.1) is 18.9 Å². The van der Waals surface area contributed by atoms with E-state index in [1.807, 2.05) is 6.92 Å². The fourth-order valence-electron chi connectivity index (χ4n) is 0.935. The molecule has 1 aromatic rings. The Kier molecular flexibility index (Phi) is 3.50. The van der Waals surface area contributed by atoms with Gasteiger partial charge in [0.25, 0.3) is 0 Å². The Hall–Kier alpha value is -2.02. The van der Waals surface area contributed by atoms with E-state index in [2.05, 4.69) is 0 Å². The molecule has 0 aliphatic heterocycles. The van der Waals surface area contributed by atoms with Crippen LogP contribution in [0.1, 0.15) is 17.5 Å². The fourth-order valence-corrected chi connectivity index (χ4v) is 0.935. The van der Waals surface area contributed by atoms with Gasteiger partial charge in [-0.3, -0.25) is 4.79 Å². The van der Waals surface area contributed by atoms with Gasteiger partial charge in [-0.2, -0.15) is 5.26 Å². The van der Waals surface area contributed by atoms with Gasteiger partial charge in [-0.1, -0.05) is 0 Å². The van der Waals surface area contributed by atoms with Crippen LogP contribution in [0.3, 0.4) is 0 Å². The van der Waals surface area contributed by atoms with E-state index in [0.29, 0.717) is 12.4 Å². The molecule has 0 amide bonds. The molecule has 4 nitrogen and oxygen atoms in total. The number of nitrogens with zero attached hydrogens (tertiary/aromatic N) is 1. The van der Waals surface area contributed by atoms with E-state index in [0.717, 1.165) is 12.2 Å². The summed E-state index contributed by atoms with van der Waals surface area (Å²) in [5, 5.41) is 8.23. The van der Waals surface area contributed by atoms with E-state index < -0.39 is 0 Å². The second-order valence-electron chi connectivity index (χ2n) is 2.37. The summed E-state index contributed by atoms with van der Waals surface area (Å²) in [5.74, 6) is 0.151. The molecule has 0 N–H and O–H groups in total. The van der Waals surface area contributed by atoms with Gasteiger partial charge in [0.2, 0.25) is 11.5 Å². The quantitative estimate of drug-likeness (QED) is 0.414. The topological polar surface area (TPSA) is 63.2 Å². The predicted molar refractivity (Wildman–Crippen MR) is 49.0 cm³/mol. The van der Waals surface area contributed by atoms with Crippen molar-refractivity contribution in [3.63, 3.8) is 0 Å². The maximum absolute atomic E-state index is 11.3. The lowest BCUT2D eigenvalue weighted by molar-refractivity contribution is 0.101. The van der Waals surface area contributed by atoms with Crippen LogP contribution in [0.25, 0.3) is 0 Å². The minimum Gasteiger partial charge on any atom is -0.490 e. The molecule has 1 rings (SSSR count). The van der Waals surface area contributed by atoms with E-state index in [4.69, 9.17) is 14.4 Å². The van der Waals surface area contributed by atoms with Crippen LogP contribution in [0.2, 0.25) is 0 Å². The lowest BCUT2D eigenvalue weighted by Crippen LogP contribution is -1.98. The van der Waals surface area contributed by atoms with Gasteiger partial charge in [-0.05, 0) is 13.0 Å². The first-order valence-corrected chi connectivity index (χ1v) is 4.10. The standard InChI is InChI=1S/C10H9NO3/c1-2-13-9-5-7-14-10(9)8(12)4-3-6-11/h3-5,7H,2H2,1H3. The lowest BCUT2D eigenvalue weighted by Gasteiger charge is -1.99. The van der Waals surface area contributed by atoms with E-state index in [-0.39, 0.29) is 11.5 Å². The maximum Gasteiger partial charge on any atom is 0.225 e. The van der Waals surface area contributed by atoms with Crippen LogP contribution in [0.5, 0.6) is 5.75 Å². The summed E-state index contributed by atoms with van der Waals surface area (Å²) in [6.45, 7) is 2.27.